The molecule has 0 saturated carbocycles. The summed E-state index contributed by atoms with van der Waals surface area (Å²) in [5.74, 6) is 3.08. The highest BCUT2D eigenvalue weighted by atomic mass is 16.5. The van der Waals surface area contributed by atoms with Crippen LogP contribution in [0.3, 0.4) is 0 Å². The number of ether oxygens (including phenoxy) is 1. The van der Waals surface area contributed by atoms with Crippen LogP contribution in [0.1, 0.15) is 56.4 Å². The van der Waals surface area contributed by atoms with Crippen molar-refractivity contribution < 1.29 is 33.8 Å². The van der Waals surface area contributed by atoms with Crippen LogP contribution in [0.5, 0.6) is 5.75 Å². The van der Waals surface area contributed by atoms with Crippen molar-refractivity contribution in [3.63, 3.8) is 0 Å². The number of carboxylic acid groups (broad SMARTS) is 1. The number of benzene rings is 4. The molecule has 0 aliphatic carbocycles. The number of carbonyl (C=O) groups is 5. The zero-order valence-electron chi connectivity index (χ0n) is 30.1. The molecule has 0 heterocycles. The Labute approximate surface area is 308 Å². The van der Waals surface area contributed by atoms with E-state index in [0.29, 0.717) is 11.3 Å². The number of carbonyl (C=O) groups excluding carboxylic acids is 4. The number of hydrogen-bond donors (Lipinski definition) is 7. The minimum Gasteiger partial charge on any atom is -0.488 e. The standard InChI is InChI=1S/C40H46N6O7/c1-26(42-38(51)52)35(48)43-32(24-27-20-22-31(23-21-27)53-39(2,3)4)36(49)44-33(37(50)46-41)25-34(47)45-40(28-14-8-5-9-15-28,29-16-10-6-11-17-29)30-18-12-7-13-19-30/h5-23,26,32-33,42H,24-25,41H2,1-4H3,(H,43,48)(H,44,49)(H,45,47)(H,46,50)(H,51,52)/t26-,32-,33-/m0/s1. The summed E-state index contributed by atoms with van der Waals surface area (Å²) in [6, 6.07) is 31.0. The van der Waals surface area contributed by atoms with Gasteiger partial charge in [-0.3, -0.25) is 24.6 Å². The van der Waals surface area contributed by atoms with Gasteiger partial charge in [-0.1, -0.05) is 103 Å². The van der Waals surface area contributed by atoms with Gasteiger partial charge in [0.05, 0.1) is 6.42 Å². The van der Waals surface area contributed by atoms with Crippen LogP contribution >= 0.6 is 0 Å². The van der Waals surface area contributed by atoms with Gasteiger partial charge in [-0.15, -0.1) is 0 Å². The van der Waals surface area contributed by atoms with Crippen LogP contribution in [-0.4, -0.2) is 58.6 Å². The van der Waals surface area contributed by atoms with Gasteiger partial charge in [0.1, 0.15) is 35.0 Å². The largest absolute Gasteiger partial charge is 0.488 e. The first-order chi connectivity index (χ1) is 25.2. The zero-order chi connectivity index (χ0) is 38.6. The lowest BCUT2D eigenvalue weighted by molar-refractivity contribution is -0.134. The van der Waals surface area contributed by atoms with Crippen LogP contribution in [0.4, 0.5) is 4.79 Å². The number of hydrazine groups is 1. The zero-order valence-corrected chi connectivity index (χ0v) is 30.1. The number of nitrogens with two attached hydrogens (primary N) is 1. The van der Waals surface area contributed by atoms with E-state index in [2.05, 4.69) is 21.3 Å². The summed E-state index contributed by atoms with van der Waals surface area (Å²) in [5, 5.41) is 19.5. The summed E-state index contributed by atoms with van der Waals surface area (Å²) < 4.78 is 5.88. The summed E-state index contributed by atoms with van der Waals surface area (Å²) >= 11 is 0. The maximum absolute atomic E-state index is 14.1. The SMILES string of the molecule is C[C@H](NC(=O)O)C(=O)N[C@@H](Cc1ccc(OC(C)(C)C)cc1)C(=O)N[C@@H](CC(=O)NC(c1ccccc1)(c1ccccc1)c1ccccc1)C(=O)NN. The molecule has 278 valence electrons. The second-order valence-corrected chi connectivity index (χ2v) is 13.5. The Morgan fingerprint density at radius 3 is 1.57 bits per heavy atom. The van der Waals surface area contributed by atoms with E-state index >= 15 is 0 Å². The Morgan fingerprint density at radius 1 is 0.660 bits per heavy atom. The minimum atomic E-state index is -1.47. The van der Waals surface area contributed by atoms with Crippen LogP contribution in [0.2, 0.25) is 0 Å². The fraction of sp³-hybridized carbons (Fsp3) is 0.275. The topological polar surface area (TPSA) is 201 Å². The van der Waals surface area contributed by atoms with E-state index < -0.39 is 65.4 Å². The van der Waals surface area contributed by atoms with Crippen molar-refractivity contribution >= 4 is 29.7 Å². The molecule has 5 amide bonds. The maximum atomic E-state index is 14.1. The van der Waals surface area contributed by atoms with Crippen LogP contribution in [0, 0.1) is 0 Å². The summed E-state index contributed by atoms with van der Waals surface area (Å²) in [6.07, 6.45) is -2.00. The minimum absolute atomic E-state index is 0.0462. The summed E-state index contributed by atoms with van der Waals surface area (Å²) in [5.41, 5.74) is 3.26. The van der Waals surface area contributed by atoms with Crippen molar-refractivity contribution in [1.29, 1.82) is 0 Å². The predicted molar refractivity (Wildman–Crippen MR) is 199 cm³/mol. The van der Waals surface area contributed by atoms with Crippen molar-refractivity contribution in [3.05, 3.63) is 138 Å². The highest BCUT2D eigenvalue weighted by Crippen LogP contribution is 2.37. The van der Waals surface area contributed by atoms with Crippen molar-refractivity contribution in [2.75, 3.05) is 0 Å². The van der Waals surface area contributed by atoms with Gasteiger partial charge in [0.2, 0.25) is 17.7 Å². The summed E-state index contributed by atoms with van der Waals surface area (Å²) in [6.45, 7) is 7.04. The molecule has 4 aromatic carbocycles. The molecule has 13 heteroatoms. The van der Waals surface area contributed by atoms with E-state index in [-0.39, 0.29) is 6.42 Å². The Kier molecular flexibility index (Phi) is 13.3. The first kappa shape index (κ1) is 39.6. The first-order valence-corrected chi connectivity index (χ1v) is 17.1. The molecule has 0 radical (unpaired) electrons. The summed E-state index contributed by atoms with van der Waals surface area (Å²) in [4.78, 5) is 65.4. The van der Waals surface area contributed by atoms with E-state index in [0.717, 1.165) is 16.7 Å². The molecular weight excluding hydrogens is 676 g/mol. The molecule has 13 nitrogen and oxygen atoms in total. The van der Waals surface area contributed by atoms with Crippen LogP contribution in [-0.2, 0) is 31.1 Å². The highest BCUT2D eigenvalue weighted by molar-refractivity contribution is 5.95. The van der Waals surface area contributed by atoms with Gasteiger partial charge in [0.25, 0.3) is 5.91 Å². The molecule has 0 aliphatic rings. The molecule has 53 heavy (non-hydrogen) atoms. The monoisotopic (exact) mass is 722 g/mol. The maximum Gasteiger partial charge on any atom is 0.405 e. The van der Waals surface area contributed by atoms with E-state index in [1.165, 1.54) is 6.92 Å². The third-order valence-corrected chi connectivity index (χ3v) is 8.27. The van der Waals surface area contributed by atoms with Crippen LogP contribution in [0.15, 0.2) is 115 Å². The van der Waals surface area contributed by atoms with E-state index in [1.807, 2.05) is 117 Å². The predicted octanol–water partition coefficient (Wildman–Crippen LogP) is 3.52. The Hall–Kier alpha value is -6.21. The molecule has 0 fully saturated rings. The van der Waals surface area contributed by atoms with Crippen molar-refractivity contribution in [2.45, 2.75) is 69.8 Å². The molecule has 8 N–H and O–H groups in total. The quantitative estimate of drug-likeness (QED) is 0.0418. The third-order valence-electron chi connectivity index (χ3n) is 8.27. The number of nitrogens with one attached hydrogen (secondary N) is 5. The summed E-state index contributed by atoms with van der Waals surface area (Å²) in [7, 11) is 0. The lowest BCUT2D eigenvalue weighted by Crippen LogP contribution is -2.58. The van der Waals surface area contributed by atoms with Gasteiger partial charge < -0.3 is 31.1 Å². The van der Waals surface area contributed by atoms with Crippen molar-refractivity contribution in [3.8, 4) is 5.75 Å². The molecule has 0 spiro atoms. The van der Waals surface area contributed by atoms with Gasteiger partial charge in [0, 0.05) is 6.42 Å². The highest BCUT2D eigenvalue weighted by Gasteiger charge is 2.39. The van der Waals surface area contributed by atoms with Gasteiger partial charge in [-0.05, 0) is 62.1 Å². The molecule has 0 aliphatic heterocycles. The Morgan fingerprint density at radius 2 is 1.13 bits per heavy atom. The van der Waals surface area contributed by atoms with E-state index in [4.69, 9.17) is 15.7 Å². The lowest BCUT2D eigenvalue weighted by atomic mass is 9.77. The molecule has 3 atom stereocenters. The van der Waals surface area contributed by atoms with Crippen LogP contribution < -0.4 is 37.3 Å². The first-order valence-electron chi connectivity index (χ1n) is 17.1. The average Bonchev–Trinajstić information content (AvgIpc) is 3.13. The molecule has 0 aromatic heterocycles. The average molecular weight is 723 g/mol. The molecule has 4 rings (SSSR count). The smallest absolute Gasteiger partial charge is 0.405 e. The normalized spacial score (nSPS) is 13.0. The number of hydrogen-bond acceptors (Lipinski definition) is 7. The van der Waals surface area contributed by atoms with E-state index in [9.17, 15) is 24.0 Å². The van der Waals surface area contributed by atoms with Gasteiger partial charge in [-0.25, -0.2) is 10.6 Å². The third kappa shape index (κ3) is 10.9. The number of rotatable bonds is 15. The Balaban J connectivity index is 1.64. The lowest BCUT2D eigenvalue weighted by Gasteiger charge is -2.37. The van der Waals surface area contributed by atoms with E-state index in [1.54, 1.807) is 24.3 Å². The van der Waals surface area contributed by atoms with Crippen LogP contribution in [0.25, 0.3) is 0 Å². The van der Waals surface area contributed by atoms with Gasteiger partial charge >= 0.3 is 6.09 Å². The van der Waals surface area contributed by atoms with Gasteiger partial charge in [0.15, 0.2) is 0 Å². The molecule has 0 bridgehead atoms. The molecular formula is C40H46N6O7. The second-order valence-electron chi connectivity index (χ2n) is 13.5. The van der Waals surface area contributed by atoms with Gasteiger partial charge in [-0.2, -0.15) is 0 Å². The fourth-order valence-corrected chi connectivity index (χ4v) is 5.85. The number of amides is 5. The Bertz CT molecular complexity index is 1750. The molecule has 0 saturated heterocycles. The molecule has 0 unspecified atom stereocenters. The fourth-order valence-electron chi connectivity index (χ4n) is 5.85. The van der Waals surface area contributed by atoms with Crippen molar-refractivity contribution in [2.24, 2.45) is 5.84 Å². The molecule has 4 aromatic rings. The van der Waals surface area contributed by atoms with Crippen molar-refractivity contribution in [1.82, 2.24) is 26.7 Å². The second kappa shape index (κ2) is 17.8.